The Hall–Kier alpha value is -1.66. The van der Waals surface area contributed by atoms with Gasteiger partial charge in [0.1, 0.15) is 0 Å². The maximum Gasteiger partial charge on any atom is 0.305 e. The molecule has 0 aliphatic heterocycles. The number of hydrogen-bond acceptors (Lipinski definition) is 5. The molecule has 0 saturated carbocycles. The highest BCUT2D eigenvalue weighted by molar-refractivity contribution is 5.76. The summed E-state index contributed by atoms with van der Waals surface area (Å²) in [6.45, 7) is 4.95. The van der Waals surface area contributed by atoms with E-state index in [0.29, 0.717) is 19.4 Å². The number of carbonyl (C=O) groups is 2. The number of unbranched alkanes of at least 4 members (excludes halogenated alkanes) is 57. The number of nitrogens with one attached hydrogen (secondary N) is 1. The van der Waals surface area contributed by atoms with Crippen LogP contribution < -0.4 is 5.32 Å². The molecule has 81 heavy (non-hydrogen) atoms. The highest BCUT2D eigenvalue weighted by atomic mass is 16.5. The van der Waals surface area contributed by atoms with E-state index in [9.17, 15) is 19.8 Å². The third-order valence-corrected chi connectivity index (χ3v) is 17.5. The Bertz CT molecular complexity index is 1270. The van der Waals surface area contributed by atoms with Gasteiger partial charge in [-0.25, -0.2) is 0 Å². The predicted molar refractivity (Wildman–Crippen MR) is 356 cm³/mol. The number of carbonyl (C=O) groups excluding carboxylic acids is 2. The van der Waals surface area contributed by atoms with Crippen LogP contribution in [0.2, 0.25) is 0 Å². The molecule has 0 aromatic carbocycles. The molecule has 1 amide bonds. The molecule has 0 aromatic rings. The number of esters is 1. The van der Waals surface area contributed by atoms with E-state index in [4.69, 9.17) is 4.74 Å². The molecule has 0 heterocycles. The average Bonchev–Trinajstić information content (AvgIpc) is 3.47. The molecule has 0 aliphatic rings. The summed E-state index contributed by atoms with van der Waals surface area (Å²) < 4.78 is 5.49. The summed E-state index contributed by atoms with van der Waals surface area (Å²) in [5.41, 5.74) is 0. The molecule has 2 atom stereocenters. The lowest BCUT2D eigenvalue weighted by Gasteiger charge is -2.20. The van der Waals surface area contributed by atoms with Gasteiger partial charge in [0.2, 0.25) is 5.91 Å². The molecule has 0 fully saturated rings. The van der Waals surface area contributed by atoms with Gasteiger partial charge in [0.15, 0.2) is 0 Å². The minimum absolute atomic E-state index is 0.0197. The third-order valence-electron chi connectivity index (χ3n) is 17.5. The van der Waals surface area contributed by atoms with Crippen LogP contribution in [0.3, 0.4) is 0 Å². The summed E-state index contributed by atoms with van der Waals surface area (Å²) in [6.07, 6.45) is 89.9. The lowest BCUT2D eigenvalue weighted by atomic mass is 10.0. The summed E-state index contributed by atoms with van der Waals surface area (Å²) in [5.74, 6) is -0.0419. The van der Waals surface area contributed by atoms with Crippen LogP contribution in [0.5, 0.6) is 0 Å². The topological polar surface area (TPSA) is 95.9 Å². The van der Waals surface area contributed by atoms with Crippen LogP contribution in [-0.2, 0) is 14.3 Å². The SMILES string of the molecule is CCCCCCCCCCCCCCCCCCCC/C=C/C(O)C(CO)NC(=O)CCCCCCCCCCCCCCCCC/C=C\CCCCCCCCCCCCCCOC(=O)CCCCCCCCCCCCCCC. The number of hydrogen-bond donors (Lipinski definition) is 3. The van der Waals surface area contributed by atoms with Gasteiger partial charge >= 0.3 is 5.97 Å². The summed E-state index contributed by atoms with van der Waals surface area (Å²) in [7, 11) is 0. The van der Waals surface area contributed by atoms with Crippen molar-refractivity contribution in [1.82, 2.24) is 5.32 Å². The first-order valence-corrected chi connectivity index (χ1v) is 37.1. The Labute approximate surface area is 507 Å². The van der Waals surface area contributed by atoms with E-state index >= 15 is 0 Å². The second-order valence-electron chi connectivity index (χ2n) is 25.6. The third kappa shape index (κ3) is 67.3. The number of rotatable bonds is 70. The van der Waals surface area contributed by atoms with Crippen LogP contribution in [0.4, 0.5) is 0 Å². The minimum Gasteiger partial charge on any atom is -0.466 e. The quantitative estimate of drug-likeness (QED) is 0.0320. The summed E-state index contributed by atoms with van der Waals surface area (Å²) in [6, 6.07) is -0.627. The van der Waals surface area contributed by atoms with Crippen molar-refractivity contribution in [2.75, 3.05) is 13.2 Å². The number of aliphatic hydroxyl groups excluding tert-OH is 2. The Morgan fingerprint density at radius 3 is 0.877 bits per heavy atom. The van der Waals surface area contributed by atoms with Crippen molar-refractivity contribution in [3.05, 3.63) is 24.3 Å². The van der Waals surface area contributed by atoms with Crippen LogP contribution in [0.15, 0.2) is 24.3 Å². The van der Waals surface area contributed by atoms with Crippen molar-refractivity contribution in [1.29, 1.82) is 0 Å². The van der Waals surface area contributed by atoms with Gasteiger partial charge in [0, 0.05) is 12.8 Å². The Morgan fingerprint density at radius 1 is 0.333 bits per heavy atom. The zero-order valence-electron chi connectivity index (χ0n) is 55.0. The molecule has 0 spiro atoms. The maximum atomic E-state index is 12.5. The zero-order chi connectivity index (χ0) is 58.5. The molecule has 0 radical (unpaired) electrons. The predicted octanol–water partition coefficient (Wildman–Crippen LogP) is 24.1. The fraction of sp³-hybridized carbons (Fsp3) is 0.920. The molecule has 0 bridgehead atoms. The van der Waals surface area contributed by atoms with Crippen molar-refractivity contribution in [3.8, 4) is 0 Å². The van der Waals surface area contributed by atoms with Crippen molar-refractivity contribution in [2.24, 2.45) is 0 Å². The van der Waals surface area contributed by atoms with Gasteiger partial charge in [-0.2, -0.15) is 0 Å². The van der Waals surface area contributed by atoms with Gasteiger partial charge in [-0.3, -0.25) is 9.59 Å². The number of allylic oxidation sites excluding steroid dienone is 3. The highest BCUT2D eigenvalue weighted by Gasteiger charge is 2.18. The summed E-state index contributed by atoms with van der Waals surface area (Å²) in [4.78, 5) is 24.6. The lowest BCUT2D eigenvalue weighted by molar-refractivity contribution is -0.143. The van der Waals surface area contributed by atoms with E-state index in [0.717, 1.165) is 38.5 Å². The van der Waals surface area contributed by atoms with Gasteiger partial charge < -0.3 is 20.3 Å². The molecule has 0 saturated heterocycles. The van der Waals surface area contributed by atoms with E-state index in [1.807, 2.05) is 6.08 Å². The molecular weight excluding hydrogens is 995 g/mol. The normalized spacial score (nSPS) is 12.6. The summed E-state index contributed by atoms with van der Waals surface area (Å²) in [5, 5.41) is 23.3. The van der Waals surface area contributed by atoms with Gasteiger partial charge in [-0.05, 0) is 57.8 Å². The Morgan fingerprint density at radius 2 is 0.580 bits per heavy atom. The average molecular weight is 1140 g/mol. The monoisotopic (exact) mass is 1140 g/mol. The van der Waals surface area contributed by atoms with Gasteiger partial charge in [0.05, 0.1) is 25.4 Å². The molecule has 2 unspecified atom stereocenters. The lowest BCUT2D eigenvalue weighted by Crippen LogP contribution is -2.45. The molecule has 3 N–H and O–H groups in total. The molecule has 6 heteroatoms. The van der Waals surface area contributed by atoms with Crippen LogP contribution >= 0.6 is 0 Å². The zero-order valence-corrected chi connectivity index (χ0v) is 55.0. The van der Waals surface area contributed by atoms with E-state index in [2.05, 4.69) is 31.3 Å². The van der Waals surface area contributed by atoms with Crippen molar-refractivity contribution >= 4 is 11.9 Å². The molecule has 0 rings (SSSR count). The number of aliphatic hydroxyl groups is 2. The molecule has 0 aliphatic carbocycles. The van der Waals surface area contributed by atoms with Gasteiger partial charge in [0.25, 0.3) is 0 Å². The number of amides is 1. The van der Waals surface area contributed by atoms with Crippen molar-refractivity contribution in [2.45, 2.75) is 431 Å². The second-order valence-corrected chi connectivity index (χ2v) is 25.6. The molecule has 0 aromatic heterocycles. The van der Waals surface area contributed by atoms with Crippen LogP contribution in [0, 0.1) is 0 Å². The van der Waals surface area contributed by atoms with E-state index in [1.54, 1.807) is 6.08 Å². The minimum atomic E-state index is -0.844. The first-order chi connectivity index (χ1) is 40.0. The van der Waals surface area contributed by atoms with Crippen LogP contribution in [0.1, 0.15) is 418 Å². The smallest absolute Gasteiger partial charge is 0.305 e. The van der Waals surface area contributed by atoms with Crippen LogP contribution in [0.25, 0.3) is 0 Å². The fourth-order valence-electron chi connectivity index (χ4n) is 11.8. The van der Waals surface area contributed by atoms with E-state index in [1.165, 1.54) is 353 Å². The second kappa shape index (κ2) is 70.8. The fourth-order valence-corrected chi connectivity index (χ4v) is 11.8. The van der Waals surface area contributed by atoms with Crippen LogP contribution in [-0.4, -0.2) is 47.4 Å². The molecular formula is C75H145NO5. The molecule has 480 valence electrons. The van der Waals surface area contributed by atoms with Gasteiger partial charge in [-0.1, -0.05) is 372 Å². The number of ether oxygens (including phenoxy) is 1. The summed E-state index contributed by atoms with van der Waals surface area (Å²) >= 11 is 0. The Balaban J connectivity index is 3.38. The highest BCUT2D eigenvalue weighted by Crippen LogP contribution is 2.19. The van der Waals surface area contributed by atoms with E-state index in [-0.39, 0.29) is 18.5 Å². The van der Waals surface area contributed by atoms with Crippen molar-refractivity contribution < 1.29 is 24.5 Å². The maximum absolute atomic E-state index is 12.5. The van der Waals surface area contributed by atoms with Crippen molar-refractivity contribution in [3.63, 3.8) is 0 Å². The standard InChI is InChI=1S/C75H145NO5/c1-3-5-7-9-11-13-15-17-18-19-20-34-37-40-44-47-51-55-59-63-67-73(78)72(71-77)76-74(79)68-64-60-56-52-48-45-41-38-35-32-30-28-26-24-22-21-23-25-27-29-31-33-36-39-42-46-50-54-58-62-66-70-81-75(80)69-65-61-57-53-49-43-16-14-12-10-8-6-4-2/h23,25,63,67,72-73,77-78H,3-22,24,26-62,64-66,68-71H2,1-2H3,(H,76,79)/b25-23-,67-63+. The first-order valence-electron chi connectivity index (χ1n) is 37.1. The molecule has 6 nitrogen and oxygen atoms in total. The largest absolute Gasteiger partial charge is 0.466 e. The van der Waals surface area contributed by atoms with E-state index < -0.39 is 12.1 Å². The first kappa shape index (κ1) is 79.3. The Kier molecular flexibility index (Phi) is 69.4. The van der Waals surface area contributed by atoms with Gasteiger partial charge in [-0.15, -0.1) is 0 Å².